The van der Waals surface area contributed by atoms with E-state index in [1.807, 2.05) is 26.0 Å². The van der Waals surface area contributed by atoms with Crippen LogP contribution in [0.4, 0.5) is 0 Å². The molecule has 6 nitrogen and oxygen atoms in total. The summed E-state index contributed by atoms with van der Waals surface area (Å²) in [5.74, 6) is 1.33. The Kier molecular flexibility index (Phi) is 4.86. The Hall–Kier alpha value is -1.93. The van der Waals surface area contributed by atoms with Crippen molar-refractivity contribution in [3.05, 3.63) is 47.8 Å². The summed E-state index contributed by atoms with van der Waals surface area (Å²) in [4.78, 5) is 9.10. The number of sulfone groups is 1. The van der Waals surface area contributed by atoms with Gasteiger partial charge in [0.15, 0.2) is 9.84 Å². The van der Waals surface area contributed by atoms with E-state index in [1.165, 1.54) is 11.8 Å². The number of thioether (sulfide) groups is 1. The summed E-state index contributed by atoms with van der Waals surface area (Å²) in [6, 6.07) is 10.5. The maximum Gasteiger partial charge on any atom is 0.253 e. The van der Waals surface area contributed by atoms with Crippen molar-refractivity contribution in [3.63, 3.8) is 0 Å². The minimum absolute atomic E-state index is 0.119. The first-order valence-corrected chi connectivity index (χ1v) is 10.2. The van der Waals surface area contributed by atoms with Gasteiger partial charge in [-0.15, -0.1) is 5.10 Å². The lowest BCUT2D eigenvalue weighted by Crippen LogP contribution is -2.07. The zero-order valence-corrected chi connectivity index (χ0v) is 15.1. The van der Waals surface area contributed by atoms with E-state index in [4.69, 9.17) is 0 Å². The molecule has 0 aliphatic rings. The third kappa shape index (κ3) is 3.76. The second-order valence-corrected chi connectivity index (χ2v) is 8.65. The molecule has 1 aromatic carbocycles. The summed E-state index contributed by atoms with van der Waals surface area (Å²) in [6.45, 7) is 3.88. The van der Waals surface area contributed by atoms with Crippen molar-refractivity contribution < 1.29 is 8.42 Å². The Morgan fingerprint density at radius 3 is 2.62 bits per heavy atom. The summed E-state index contributed by atoms with van der Waals surface area (Å²) in [6.07, 6.45) is 0.545. The molecule has 2 aromatic heterocycles. The number of aryl methyl sites for hydroxylation is 2. The van der Waals surface area contributed by atoms with Crippen LogP contribution in [0.1, 0.15) is 17.8 Å². The highest BCUT2D eigenvalue weighted by atomic mass is 32.2. The van der Waals surface area contributed by atoms with Crippen molar-refractivity contribution in [3.8, 4) is 0 Å². The van der Waals surface area contributed by atoms with Crippen LogP contribution in [0, 0.1) is 13.8 Å². The number of rotatable bonds is 6. The molecular formula is C16H18N4O2S2. The van der Waals surface area contributed by atoms with Gasteiger partial charge in [0, 0.05) is 17.1 Å². The standard InChI is InChI=1S/C16H18N4O2S2/c1-12-11-13(2)20-15(17-12)18-16(19-20)23-9-6-10-24(21,22)14-7-4-3-5-8-14/h3-5,7-8,11H,6,9-10H2,1-2H3. The lowest BCUT2D eigenvalue weighted by Gasteiger charge is -2.03. The van der Waals surface area contributed by atoms with Crippen LogP contribution in [0.15, 0.2) is 46.5 Å². The number of nitrogens with zero attached hydrogens (tertiary/aromatic N) is 4. The average molecular weight is 362 g/mol. The smallest absolute Gasteiger partial charge is 0.224 e. The van der Waals surface area contributed by atoms with E-state index >= 15 is 0 Å². The molecule has 8 heteroatoms. The number of benzene rings is 1. The lowest BCUT2D eigenvalue weighted by atomic mass is 10.4. The lowest BCUT2D eigenvalue weighted by molar-refractivity contribution is 0.595. The maximum absolute atomic E-state index is 12.2. The highest BCUT2D eigenvalue weighted by molar-refractivity contribution is 7.99. The molecule has 0 radical (unpaired) electrons. The predicted molar refractivity (Wildman–Crippen MR) is 94.1 cm³/mol. The van der Waals surface area contributed by atoms with Gasteiger partial charge in [0.2, 0.25) is 5.16 Å². The monoisotopic (exact) mass is 362 g/mol. The molecule has 0 atom stereocenters. The summed E-state index contributed by atoms with van der Waals surface area (Å²) in [5, 5.41) is 5.02. The second kappa shape index (κ2) is 6.90. The summed E-state index contributed by atoms with van der Waals surface area (Å²) < 4.78 is 26.1. The quantitative estimate of drug-likeness (QED) is 0.496. The zero-order valence-electron chi connectivity index (χ0n) is 13.5. The van der Waals surface area contributed by atoms with E-state index in [0.29, 0.717) is 28.0 Å². The third-order valence-electron chi connectivity index (χ3n) is 3.49. The topological polar surface area (TPSA) is 77.2 Å². The molecule has 126 valence electrons. The summed E-state index contributed by atoms with van der Waals surface area (Å²) in [7, 11) is -3.22. The number of hydrogen-bond donors (Lipinski definition) is 0. The molecule has 0 unspecified atom stereocenters. The van der Waals surface area contributed by atoms with E-state index < -0.39 is 9.84 Å². The van der Waals surface area contributed by atoms with Gasteiger partial charge in [0.25, 0.3) is 5.78 Å². The van der Waals surface area contributed by atoms with Gasteiger partial charge in [-0.25, -0.2) is 17.9 Å². The molecule has 3 rings (SSSR count). The highest BCUT2D eigenvalue weighted by Gasteiger charge is 2.14. The molecular weight excluding hydrogens is 344 g/mol. The van der Waals surface area contributed by atoms with Gasteiger partial charge in [-0.1, -0.05) is 30.0 Å². The third-order valence-corrected chi connectivity index (χ3v) is 6.23. The normalized spacial score (nSPS) is 11.9. The largest absolute Gasteiger partial charge is 0.253 e. The van der Waals surface area contributed by atoms with Gasteiger partial charge in [-0.05, 0) is 38.5 Å². The van der Waals surface area contributed by atoms with Crippen molar-refractivity contribution in [1.29, 1.82) is 0 Å². The van der Waals surface area contributed by atoms with Gasteiger partial charge in [-0.3, -0.25) is 0 Å². The minimum Gasteiger partial charge on any atom is -0.224 e. The van der Waals surface area contributed by atoms with Crippen molar-refractivity contribution >= 4 is 27.4 Å². The summed E-state index contributed by atoms with van der Waals surface area (Å²) >= 11 is 1.45. The zero-order chi connectivity index (χ0) is 17.2. The maximum atomic E-state index is 12.2. The minimum atomic E-state index is -3.22. The Morgan fingerprint density at radius 1 is 1.12 bits per heavy atom. The van der Waals surface area contributed by atoms with E-state index in [9.17, 15) is 8.42 Å². The first-order valence-electron chi connectivity index (χ1n) is 7.57. The average Bonchev–Trinajstić information content (AvgIpc) is 2.96. The molecule has 0 bridgehead atoms. The molecule has 3 aromatic rings. The van der Waals surface area contributed by atoms with Crippen molar-refractivity contribution in [2.45, 2.75) is 30.3 Å². The molecule has 0 aliphatic heterocycles. The Bertz CT molecular complexity index is 953. The van der Waals surface area contributed by atoms with Crippen molar-refractivity contribution in [2.24, 2.45) is 0 Å². The van der Waals surface area contributed by atoms with Gasteiger partial charge in [0.1, 0.15) is 0 Å². The molecule has 0 fully saturated rings. The van der Waals surface area contributed by atoms with Crippen molar-refractivity contribution in [1.82, 2.24) is 19.6 Å². The predicted octanol–water partition coefficient (Wildman–Crippen LogP) is 2.70. The van der Waals surface area contributed by atoms with E-state index in [0.717, 1.165) is 11.4 Å². The van der Waals surface area contributed by atoms with Gasteiger partial charge < -0.3 is 0 Å². The fourth-order valence-electron chi connectivity index (χ4n) is 2.37. The first-order chi connectivity index (χ1) is 11.5. The van der Waals surface area contributed by atoms with E-state index in [1.54, 1.807) is 28.8 Å². The number of fused-ring (bicyclic) bond motifs is 1. The number of aromatic nitrogens is 4. The van der Waals surface area contributed by atoms with Crippen LogP contribution in [0.5, 0.6) is 0 Å². The first kappa shape index (κ1) is 16.9. The molecule has 24 heavy (non-hydrogen) atoms. The van der Waals surface area contributed by atoms with Crippen LogP contribution in [-0.4, -0.2) is 39.5 Å². The molecule has 0 saturated heterocycles. The SMILES string of the molecule is Cc1cc(C)n2nc(SCCCS(=O)(=O)c3ccccc3)nc2n1. The molecule has 0 N–H and O–H groups in total. The van der Waals surface area contributed by atoms with E-state index in [-0.39, 0.29) is 5.75 Å². The molecule has 0 saturated carbocycles. The van der Waals surface area contributed by atoms with E-state index in [2.05, 4.69) is 15.1 Å². The van der Waals surface area contributed by atoms with Gasteiger partial charge in [-0.2, -0.15) is 4.98 Å². The summed E-state index contributed by atoms with van der Waals surface area (Å²) in [5.41, 5.74) is 1.88. The van der Waals surface area contributed by atoms with Crippen LogP contribution >= 0.6 is 11.8 Å². The van der Waals surface area contributed by atoms with Crippen LogP contribution in [0.2, 0.25) is 0 Å². The number of hydrogen-bond acceptors (Lipinski definition) is 6. The highest BCUT2D eigenvalue weighted by Crippen LogP contribution is 2.18. The van der Waals surface area contributed by atoms with Crippen LogP contribution in [0.25, 0.3) is 5.78 Å². The Morgan fingerprint density at radius 2 is 1.88 bits per heavy atom. The van der Waals surface area contributed by atoms with Crippen LogP contribution in [0.3, 0.4) is 0 Å². The Balaban J connectivity index is 1.60. The Labute approximate surface area is 145 Å². The molecule has 0 amide bonds. The van der Waals surface area contributed by atoms with Gasteiger partial charge in [0.05, 0.1) is 10.6 Å². The fraction of sp³-hybridized carbons (Fsp3) is 0.312. The molecule has 0 spiro atoms. The molecule has 0 aliphatic carbocycles. The van der Waals surface area contributed by atoms with Gasteiger partial charge >= 0.3 is 0 Å². The molecule has 2 heterocycles. The fourth-order valence-corrected chi connectivity index (χ4v) is 4.64. The van der Waals surface area contributed by atoms with Crippen LogP contribution in [-0.2, 0) is 9.84 Å². The van der Waals surface area contributed by atoms with Crippen molar-refractivity contribution in [2.75, 3.05) is 11.5 Å². The second-order valence-electron chi connectivity index (χ2n) is 5.48. The van der Waals surface area contributed by atoms with Crippen LogP contribution < -0.4 is 0 Å².